The number of aldehydes is 1. The summed E-state index contributed by atoms with van der Waals surface area (Å²) >= 11 is 0. The molecule has 0 heterocycles. The summed E-state index contributed by atoms with van der Waals surface area (Å²) in [6, 6.07) is 18.0. The Morgan fingerprint density at radius 1 is 1.07 bits per heavy atom. The molecule has 0 radical (unpaired) electrons. The van der Waals surface area contributed by atoms with Crippen LogP contribution in [0.2, 0.25) is 0 Å². The van der Waals surface area contributed by atoms with Gasteiger partial charge < -0.3 is 19.2 Å². The molecule has 160 valence electrons. The molecular formula is C24H31BO5. The Bertz CT molecular complexity index is 799. The van der Waals surface area contributed by atoms with E-state index in [2.05, 4.69) is 0 Å². The second-order valence-electron chi connectivity index (χ2n) is 8.62. The third-order valence-electron chi connectivity index (χ3n) is 4.50. The summed E-state index contributed by atoms with van der Waals surface area (Å²) < 4.78 is 11.1. The Balaban J connectivity index is 1.97. The molecule has 6 heteroatoms. The topological polar surface area (TPSA) is 72.8 Å². The minimum absolute atomic E-state index is 0.0144. The van der Waals surface area contributed by atoms with Crippen LogP contribution in [0.1, 0.15) is 46.1 Å². The fraction of sp³-hybridized carbons (Fsp3) is 0.417. The molecule has 30 heavy (non-hydrogen) atoms. The Morgan fingerprint density at radius 2 is 1.67 bits per heavy atom. The first kappa shape index (κ1) is 23.8. The van der Waals surface area contributed by atoms with Crippen LogP contribution in [0.3, 0.4) is 0 Å². The van der Waals surface area contributed by atoms with Crippen LogP contribution in [0.5, 0.6) is 0 Å². The van der Waals surface area contributed by atoms with Crippen LogP contribution >= 0.6 is 0 Å². The number of hydrogen-bond acceptors (Lipinski definition) is 5. The van der Waals surface area contributed by atoms with E-state index in [0.29, 0.717) is 6.42 Å². The average molecular weight is 410 g/mol. The lowest BCUT2D eigenvalue weighted by molar-refractivity contribution is -0.157. The molecule has 0 saturated carbocycles. The van der Waals surface area contributed by atoms with Crippen LogP contribution < -0.4 is 0 Å². The van der Waals surface area contributed by atoms with Gasteiger partial charge in [0.15, 0.2) is 0 Å². The highest BCUT2D eigenvalue weighted by atomic mass is 16.6. The van der Waals surface area contributed by atoms with Crippen LogP contribution in [0.4, 0.5) is 0 Å². The van der Waals surface area contributed by atoms with Crippen molar-refractivity contribution in [2.24, 2.45) is 5.92 Å². The molecule has 0 fully saturated rings. The molecule has 2 atom stereocenters. The first-order valence-electron chi connectivity index (χ1n) is 10.3. The van der Waals surface area contributed by atoms with Crippen LogP contribution in [0.25, 0.3) is 11.1 Å². The lowest BCUT2D eigenvalue weighted by Gasteiger charge is -2.24. The third-order valence-corrected chi connectivity index (χ3v) is 4.50. The summed E-state index contributed by atoms with van der Waals surface area (Å²) in [5.41, 5.74) is 2.54. The maximum absolute atomic E-state index is 12.2. The molecule has 0 aromatic heterocycles. The van der Waals surface area contributed by atoms with E-state index in [1.165, 1.54) is 0 Å². The molecule has 0 spiro atoms. The number of benzene rings is 2. The fourth-order valence-electron chi connectivity index (χ4n) is 3.16. The van der Waals surface area contributed by atoms with Crippen molar-refractivity contribution in [1.82, 2.24) is 0 Å². The second-order valence-corrected chi connectivity index (χ2v) is 8.62. The van der Waals surface area contributed by atoms with E-state index in [1.54, 1.807) is 27.7 Å². The van der Waals surface area contributed by atoms with Gasteiger partial charge in [0.05, 0.1) is 12.5 Å². The Kier molecular flexibility index (Phi) is 8.81. The van der Waals surface area contributed by atoms with Crippen LogP contribution in [-0.2, 0) is 25.3 Å². The minimum atomic E-state index is -1.08. The van der Waals surface area contributed by atoms with Crippen molar-refractivity contribution in [3.05, 3.63) is 60.2 Å². The van der Waals surface area contributed by atoms with Gasteiger partial charge in [-0.2, -0.15) is 0 Å². The van der Waals surface area contributed by atoms with Crippen molar-refractivity contribution in [3.8, 4) is 11.1 Å². The first-order valence-corrected chi connectivity index (χ1v) is 10.3. The maximum Gasteiger partial charge on any atom is 0.458 e. The predicted molar refractivity (Wildman–Crippen MR) is 119 cm³/mol. The summed E-state index contributed by atoms with van der Waals surface area (Å²) in [5.74, 6) is -0.695. The first-order chi connectivity index (χ1) is 14.2. The fourth-order valence-corrected chi connectivity index (χ4v) is 3.16. The number of carbonyl (C=O) groups is 2. The highest BCUT2D eigenvalue weighted by Gasteiger charge is 2.26. The van der Waals surface area contributed by atoms with Gasteiger partial charge in [-0.25, -0.2) is 0 Å². The molecule has 2 aromatic carbocycles. The molecule has 0 aliphatic rings. The largest absolute Gasteiger partial charge is 0.460 e. The van der Waals surface area contributed by atoms with E-state index in [4.69, 9.17) is 9.39 Å². The average Bonchev–Trinajstić information content (AvgIpc) is 2.67. The molecular weight excluding hydrogens is 379 g/mol. The molecule has 0 aliphatic carbocycles. The quantitative estimate of drug-likeness (QED) is 0.360. The van der Waals surface area contributed by atoms with Gasteiger partial charge >= 0.3 is 13.1 Å². The summed E-state index contributed by atoms with van der Waals surface area (Å²) in [5, 5.41) is 10.4. The molecule has 0 unspecified atom stereocenters. The summed E-state index contributed by atoms with van der Waals surface area (Å²) in [4.78, 5) is 23.2. The summed E-state index contributed by atoms with van der Waals surface area (Å²) in [6.45, 7) is 7.14. The number of hydrogen-bond donors (Lipinski definition) is 1. The van der Waals surface area contributed by atoms with E-state index in [-0.39, 0.29) is 18.7 Å². The SMILES string of the molecule is C[C@H](C=O)C[C@H](CC(=O)OC(C)(C)C)OB(O)Cc1ccc(-c2ccccc2)cc1. The number of esters is 1. The lowest BCUT2D eigenvalue weighted by atomic mass is 9.80. The van der Waals surface area contributed by atoms with Crippen molar-refractivity contribution >= 4 is 19.4 Å². The van der Waals surface area contributed by atoms with Crippen LogP contribution in [0, 0.1) is 5.92 Å². The monoisotopic (exact) mass is 410 g/mol. The van der Waals surface area contributed by atoms with Crippen molar-refractivity contribution in [1.29, 1.82) is 0 Å². The molecule has 0 aliphatic heterocycles. The zero-order valence-electron chi connectivity index (χ0n) is 18.2. The van der Waals surface area contributed by atoms with Gasteiger partial charge in [-0.1, -0.05) is 61.5 Å². The number of rotatable bonds is 10. The standard InChI is InChI=1S/C24H31BO5/c1-18(17-26)14-22(15-23(27)29-24(2,3)4)30-25(28)16-19-10-12-21(13-11-19)20-8-6-5-7-9-20/h5-13,17-18,22,28H,14-16H2,1-4H3/t18-,22+/m0/s1. The zero-order valence-corrected chi connectivity index (χ0v) is 18.2. The van der Waals surface area contributed by atoms with Gasteiger partial charge in [-0.15, -0.1) is 0 Å². The second kappa shape index (κ2) is 11.1. The van der Waals surface area contributed by atoms with Gasteiger partial charge in [0, 0.05) is 12.2 Å². The van der Waals surface area contributed by atoms with Gasteiger partial charge in [-0.3, -0.25) is 4.79 Å². The lowest BCUT2D eigenvalue weighted by Crippen LogP contribution is -2.33. The van der Waals surface area contributed by atoms with Gasteiger partial charge in [-0.05, 0) is 43.9 Å². The van der Waals surface area contributed by atoms with E-state index < -0.39 is 24.8 Å². The summed E-state index contributed by atoms with van der Waals surface area (Å²) in [7, 11) is -1.08. The van der Waals surface area contributed by atoms with Gasteiger partial charge in [0.25, 0.3) is 0 Å². The molecule has 5 nitrogen and oxygen atoms in total. The van der Waals surface area contributed by atoms with Gasteiger partial charge in [0.1, 0.15) is 11.9 Å². The van der Waals surface area contributed by atoms with Crippen LogP contribution in [0.15, 0.2) is 54.6 Å². The van der Waals surface area contributed by atoms with Crippen molar-refractivity contribution in [3.63, 3.8) is 0 Å². The Morgan fingerprint density at radius 3 is 2.23 bits per heavy atom. The van der Waals surface area contributed by atoms with Crippen LogP contribution in [-0.4, -0.2) is 36.1 Å². The Labute approximate surface area is 179 Å². The zero-order chi connectivity index (χ0) is 22.1. The third kappa shape index (κ3) is 8.51. The molecule has 0 amide bonds. The smallest absolute Gasteiger partial charge is 0.458 e. The highest BCUT2D eigenvalue weighted by Crippen LogP contribution is 2.20. The number of carbonyl (C=O) groups excluding carboxylic acids is 2. The van der Waals surface area contributed by atoms with E-state index in [0.717, 1.165) is 23.0 Å². The van der Waals surface area contributed by atoms with Crippen molar-refractivity contribution in [2.75, 3.05) is 0 Å². The highest BCUT2D eigenvalue weighted by molar-refractivity contribution is 6.42. The molecule has 0 saturated heterocycles. The molecule has 1 N–H and O–H groups in total. The molecule has 0 bridgehead atoms. The van der Waals surface area contributed by atoms with Crippen molar-refractivity contribution in [2.45, 2.75) is 58.6 Å². The molecule has 2 aromatic rings. The van der Waals surface area contributed by atoms with E-state index in [1.807, 2.05) is 54.6 Å². The van der Waals surface area contributed by atoms with E-state index >= 15 is 0 Å². The van der Waals surface area contributed by atoms with Crippen molar-refractivity contribution < 1.29 is 24.0 Å². The van der Waals surface area contributed by atoms with Gasteiger partial charge in [0.2, 0.25) is 0 Å². The Hall–Kier alpha value is -2.44. The summed E-state index contributed by atoms with van der Waals surface area (Å²) in [6.07, 6.45) is 0.834. The number of ether oxygens (including phenoxy) is 1. The predicted octanol–water partition coefficient (Wildman–Crippen LogP) is 4.26. The molecule has 2 rings (SSSR count). The maximum atomic E-state index is 12.2. The minimum Gasteiger partial charge on any atom is -0.460 e. The van der Waals surface area contributed by atoms with E-state index in [9.17, 15) is 14.6 Å². The normalized spacial score (nSPS) is 13.4.